The molecule has 0 unspecified atom stereocenters. The molecule has 2 heterocycles. The molecule has 2 aliphatic heterocycles. The Morgan fingerprint density at radius 1 is 1.08 bits per heavy atom. The van der Waals surface area contributed by atoms with Crippen LogP contribution in [0.15, 0.2) is 0 Å². The summed E-state index contributed by atoms with van der Waals surface area (Å²) in [6, 6.07) is 2.91. The molecule has 0 aromatic carbocycles. The Bertz CT molecular complexity index is 189. The van der Waals surface area contributed by atoms with Crippen molar-refractivity contribution < 1.29 is 0 Å². The van der Waals surface area contributed by atoms with Crippen LogP contribution in [-0.2, 0) is 0 Å². The molecule has 4 atom stereocenters. The number of hydrogen-bond acceptors (Lipinski definition) is 1. The minimum atomic E-state index is 0.906. The second-order valence-electron chi connectivity index (χ2n) is 5.02. The second-order valence-corrected chi connectivity index (χ2v) is 5.02. The van der Waals surface area contributed by atoms with Gasteiger partial charge >= 0.3 is 0 Å². The van der Waals surface area contributed by atoms with Crippen LogP contribution >= 0.6 is 0 Å². The number of rotatable bonds is 0. The van der Waals surface area contributed by atoms with Crippen molar-refractivity contribution >= 4 is 0 Å². The molecule has 1 saturated carbocycles. The van der Waals surface area contributed by atoms with E-state index in [1.165, 1.54) is 38.5 Å². The Labute approximate surface area is 75.1 Å². The highest BCUT2D eigenvalue weighted by Gasteiger charge is 2.47. The molecule has 3 fully saturated rings. The summed E-state index contributed by atoms with van der Waals surface area (Å²) in [6.45, 7) is 2.43. The van der Waals surface area contributed by atoms with E-state index in [-0.39, 0.29) is 0 Å². The maximum Gasteiger partial charge on any atom is 0.0130 e. The zero-order valence-corrected chi connectivity index (χ0v) is 8.00. The monoisotopic (exact) mass is 165 g/mol. The van der Waals surface area contributed by atoms with Gasteiger partial charge in [-0.25, -0.2) is 0 Å². The Morgan fingerprint density at radius 2 is 2.00 bits per heavy atom. The predicted octanol–water partition coefficient (Wildman–Crippen LogP) is 2.41. The second kappa shape index (κ2) is 2.47. The van der Waals surface area contributed by atoms with Crippen molar-refractivity contribution in [1.82, 2.24) is 4.90 Å². The average Bonchev–Trinajstić information content (AvgIpc) is 2.61. The Balaban J connectivity index is 1.85. The minimum absolute atomic E-state index is 0.906. The lowest BCUT2D eigenvalue weighted by Gasteiger charge is -2.27. The van der Waals surface area contributed by atoms with Gasteiger partial charge in [0, 0.05) is 18.1 Å². The molecule has 0 amide bonds. The summed E-state index contributed by atoms with van der Waals surface area (Å²) >= 11 is 0. The molecular formula is C11H19N. The topological polar surface area (TPSA) is 3.24 Å². The smallest absolute Gasteiger partial charge is 0.0130 e. The summed E-state index contributed by atoms with van der Waals surface area (Å²) in [5, 5.41) is 0. The van der Waals surface area contributed by atoms with Crippen molar-refractivity contribution in [2.75, 3.05) is 0 Å². The first-order valence-corrected chi connectivity index (χ1v) is 5.63. The van der Waals surface area contributed by atoms with Gasteiger partial charge in [-0.3, -0.25) is 4.90 Å². The fourth-order valence-electron chi connectivity index (χ4n) is 3.96. The largest absolute Gasteiger partial charge is 0.294 e. The Hall–Kier alpha value is -0.0400. The summed E-state index contributed by atoms with van der Waals surface area (Å²) in [4.78, 5) is 2.86. The third-order valence-electron chi connectivity index (χ3n) is 4.42. The number of hydrogen-bond donors (Lipinski definition) is 0. The highest BCUT2D eigenvalue weighted by molar-refractivity contribution is 5.02. The molecule has 1 nitrogen and oxygen atoms in total. The van der Waals surface area contributed by atoms with Crippen LogP contribution in [0.5, 0.6) is 0 Å². The first kappa shape index (κ1) is 7.37. The van der Waals surface area contributed by atoms with Gasteiger partial charge in [-0.1, -0.05) is 6.42 Å². The predicted molar refractivity (Wildman–Crippen MR) is 50.1 cm³/mol. The molecule has 1 heteroatoms. The lowest BCUT2D eigenvalue weighted by molar-refractivity contribution is 0.184. The SMILES string of the molecule is C[C@@H]1CC[C@@H]2C[C@H]3CCC[C@H]3N21. The first-order valence-electron chi connectivity index (χ1n) is 5.63. The van der Waals surface area contributed by atoms with Crippen LogP contribution in [0.4, 0.5) is 0 Å². The molecule has 0 radical (unpaired) electrons. The van der Waals surface area contributed by atoms with Gasteiger partial charge in [0.05, 0.1) is 0 Å². The Morgan fingerprint density at radius 3 is 2.92 bits per heavy atom. The van der Waals surface area contributed by atoms with Crippen LogP contribution in [0.25, 0.3) is 0 Å². The van der Waals surface area contributed by atoms with E-state index in [2.05, 4.69) is 11.8 Å². The van der Waals surface area contributed by atoms with E-state index in [9.17, 15) is 0 Å². The van der Waals surface area contributed by atoms with Crippen molar-refractivity contribution in [3.05, 3.63) is 0 Å². The summed E-state index contributed by atoms with van der Waals surface area (Å²) in [6.07, 6.45) is 9.04. The fourth-order valence-corrected chi connectivity index (χ4v) is 3.96. The first-order chi connectivity index (χ1) is 5.86. The molecule has 68 valence electrons. The highest BCUT2D eigenvalue weighted by Crippen LogP contribution is 2.46. The molecule has 3 aliphatic rings. The fraction of sp³-hybridized carbons (Fsp3) is 1.00. The van der Waals surface area contributed by atoms with Gasteiger partial charge in [0.1, 0.15) is 0 Å². The number of fused-ring (bicyclic) bond motifs is 3. The summed E-state index contributed by atoms with van der Waals surface area (Å²) in [5.74, 6) is 1.10. The molecule has 12 heavy (non-hydrogen) atoms. The van der Waals surface area contributed by atoms with E-state index in [1.807, 2.05) is 0 Å². The third-order valence-corrected chi connectivity index (χ3v) is 4.42. The van der Waals surface area contributed by atoms with Crippen molar-refractivity contribution in [3.8, 4) is 0 Å². The molecule has 2 saturated heterocycles. The van der Waals surface area contributed by atoms with Crippen LogP contribution in [0, 0.1) is 5.92 Å². The lowest BCUT2D eigenvalue weighted by atomic mass is 9.99. The molecule has 3 rings (SSSR count). The van der Waals surface area contributed by atoms with Gasteiger partial charge in [-0.05, 0) is 44.9 Å². The maximum absolute atomic E-state index is 2.86. The van der Waals surface area contributed by atoms with Crippen molar-refractivity contribution in [2.24, 2.45) is 5.92 Å². The number of nitrogens with zero attached hydrogens (tertiary/aromatic N) is 1. The lowest BCUT2D eigenvalue weighted by Crippen LogP contribution is -2.36. The van der Waals surface area contributed by atoms with Crippen LogP contribution in [-0.4, -0.2) is 23.0 Å². The zero-order chi connectivity index (χ0) is 8.13. The van der Waals surface area contributed by atoms with Gasteiger partial charge < -0.3 is 0 Å². The molecule has 1 aliphatic carbocycles. The van der Waals surface area contributed by atoms with Crippen molar-refractivity contribution in [3.63, 3.8) is 0 Å². The van der Waals surface area contributed by atoms with E-state index >= 15 is 0 Å². The van der Waals surface area contributed by atoms with E-state index < -0.39 is 0 Å². The third kappa shape index (κ3) is 0.834. The molecule has 0 spiro atoms. The van der Waals surface area contributed by atoms with Gasteiger partial charge in [-0.2, -0.15) is 0 Å². The van der Waals surface area contributed by atoms with E-state index in [1.54, 1.807) is 0 Å². The van der Waals surface area contributed by atoms with Crippen molar-refractivity contribution in [1.29, 1.82) is 0 Å². The standard InChI is InChI=1S/C11H19N/c1-8-5-6-10-7-9-3-2-4-11(9)12(8)10/h8-11H,2-7H2,1H3/t8-,9-,10-,11-/m1/s1. The summed E-state index contributed by atoms with van der Waals surface area (Å²) < 4.78 is 0. The quantitative estimate of drug-likeness (QED) is 0.533. The van der Waals surface area contributed by atoms with Crippen LogP contribution in [0.1, 0.15) is 45.4 Å². The molecule has 0 aromatic heterocycles. The Kier molecular flexibility index (Phi) is 1.52. The van der Waals surface area contributed by atoms with Gasteiger partial charge in [-0.15, -0.1) is 0 Å². The molecule has 0 bridgehead atoms. The van der Waals surface area contributed by atoms with Crippen LogP contribution in [0.3, 0.4) is 0 Å². The average molecular weight is 165 g/mol. The van der Waals surface area contributed by atoms with Gasteiger partial charge in [0.25, 0.3) is 0 Å². The van der Waals surface area contributed by atoms with Gasteiger partial charge in [0.2, 0.25) is 0 Å². The van der Waals surface area contributed by atoms with E-state index in [0.29, 0.717) is 0 Å². The minimum Gasteiger partial charge on any atom is -0.294 e. The zero-order valence-electron chi connectivity index (χ0n) is 8.00. The summed E-state index contributed by atoms with van der Waals surface area (Å²) in [7, 11) is 0. The van der Waals surface area contributed by atoms with E-state index in [0.717, 1.165) is 24.0 Å². The highest BCUT2D eigenvalue weighted by atomic mass is 15.3. The van der Waals surface area contributed by atoms with Crippen LogP contribution in [0.2, 0.25) is 0 Å². The normalized spacial score (nSPS) is 52.8. The summed E-state index contributed by atoms with van der Waals surface area (Å²) in [5.41, 5.74) is 0. The molecule has 0 aromatic rings. The van der Waals surface area contributed by atoms with Crippen LogP contribution < -0.4 is 0 Å². The van der Waals surface area contributed by atoms with E-state index in [4.69, 9.17) is 0 Å². The molecular weight excluding hydrogens is 146 g/mol. The maximum atomic E-state index is 2.86. The van der Waals surface area contributed by atoms with Gasteiger partial charge in [0.15, 0.2) is 0 Å². The van der Waals surface area contributed by atoms with Crippen molar-refractivity contribution in [2.45, 2.75) is 63.6 Å². The molecule has 0 N–H and O–H groups in total.